The number of hydrogen-bond donors (Lipinski definition) is 0. The van der Waals surface area contributed by atoms with Crippen molar-refractivity contribution in [3.05, 3.63) is 67.8 Å². The molecule has 14 heteroatoms. The summed E-state index contributed by atoms with van der Waals surface area (Å²) in [4.78, 5) is 20.6. The van der Waals surface area contributed by atoms with Crippen LogP contribution in [0.3, 0.4) is 0 Å². The molecule has 12 nitrogen and oxygen atoms in total. The molecule has 1 atom stereocenters. The fourth-order valence-electron chi connectivity index (χ4n) is 3.66. The number of benzene rings is 2. The Labute approximate surface area is 190 Å². The molecule has 2 aromatic carbocycles. The van der Waals surface area contributed by atoms with Crippen LogP contribution in [0.4, 0.5) is 11.4 Å². The molecule has 1 aliphatic heterocycles. The molecule has 1 aliphatic rings. The third kappa shape index (κ3) is 4.59. The quantitative estimate of drug-likeness (QED) is 0.432. The van der Waals surface area contributed by atoms with Crippen molar-refractivity contribution in [3.63, 3.8) is 0 Å². The minimum Gasteiger partial charge on any atom is -0.258 e. The molecule has 0 radical (unpaired) electrons. The highest BCUT2D eigenvalue weighted by atomic mass is 32.2. The minimum absolute atomic E-state index is 0.179. The molecule has 1 fully saturated rings. The van der Waals surface area contributed by atoms with Gasteiger partial charge in [0.15, 0.2) is 0 Å². The molecule has 2 aromatic rings. The summed E-state index contributed by atoms with van der Waals surface area (Å²) in [6, 6.07) is 6.45. The molecule has 3 rings (SSSR count). The van der Waals surface area contributed by atoms with Crippen molar-refractivity contribution in [2.75, 3.05) is 19.6 Å². The lowest BCUT2D eigenvalue weighted by molar-refractivity contribution is -0.385. The molecule has 1 saturated heterocycles. The first-order valence-corrected chi connectivity index (χ1v) is 12.7. The minimum atomic E-state index is -4.12. The Bertz CT molecular complexity index is 1340. The van der Waals surface area contributed by atoms with Crippen molar-refractivity contribution in [1.29, 1.82) is 0 Å². The molecule has 0 spiro atoms. The lowest BCUT2D eigenvalue weighted by atomic mass is 10.2. The predicted molar refractivity (Wildman–Crippen MR) is 118 cm³/mol. The number of nitrogens with zero attached hydrogens (tertiary/aromatic N) is 4. The number of nitro benzene ring substituents is 2. The van der Waals surface area contributed by atoms with Gasteiger partial charge in [0.25, 0.3) is 11.4 Å². The zero-order valence-corrected chi connectivity index (χ0v) is 19.7. The maximum absolute atomic E-state index is 13.1. The molecule has 0 bridgehead atoms. The highest BCUT2D eigenvalue weighted by Crippen LogP contribution is 2.29. The average Bonchev–Trinajstić information content (AvgIpc) is 2.73. The largest absolute Gasteiger partial charge is 0.273 e. The van der Waals surface area contributed by atoms with Gasteiger partial charge in [-0.15, -0.1) is 0 Å². The number of sulfonamides is 2. The fourth-order valence-corrected chi connectivity index (χ4v) is 6.83. The Morgan fingerprint density at radius 3 is 1.70 bits per heavy atom. The van der Waals surface area contributed by atoms with Crippen molar-refractivity contribution in [2.45, 2.75) is 36.6 Å². The molecule has 33 heavy (non-hydrogen) atoms. The molecule has 1 unspecified atom stereocenters. The second-order valence-electron chi connectivity index (χ2n) is 7.74. The Balaban J connectivity index is 1.88. The third-order valence-electron chi connectivity index (χ3n) is 5.53. The fraction of sp³-hybridized carbons (Fsp3) is 0.368. The molecule has 0 amide bonds. The van der Waals surface area contributed by atoms with Crippen LogP contribution >= 0.6 is 0 Å². The summed E-state index contributed by atoms with van der Waals surface area (Å²) in [5.74, 6) is 0. The molecule has 0 aromatic heterocycles. The number of nitro groups is 2. The van der Waals surface area contributed by atoms with Gasteiger partial charge in [0.1, 0.15) is 0 Å². The van der Waals surface area contributed by atoms with Crippen LogP contribution in [0, 0.1) is 34.1 Å². The van der Waals surface area contributed by atoms with Crippen LogP contribution in [-0.4, -0.2) is 61.0 Å². The number of aryl methyl sites for hydroxylation is 2. The van der Waals surface area contributed by atoms with E-state index in [2.05, 4.69) is 0 Å². The van der Waals surface area contributed by atoms with Gasteiger partial charge in [-0.05, 0) is 32.9 Å². The maximum atomic E-state index is 13.1. The number of hydrogen-bond acceptors (Lipinski definition) is 8. The van der Waals surface area contributed by atoms with Gasteiger partial charge in [0.05, 0.1) is 19.6 Å². The Morgan fingerprint density at radius 2 is 1.27 bits per heavy atom. The number of rotatable bonds is 6. The molecule has 1 heterocycles. The summed E-state index contributed by atoms with van der Waals surface area (Å²) in [6.07, 6.45) is 0. The topological polar surface area (TPSA) is 161 Å². The smallest absolute Gasteiger partial charge is 0.258 e. The standard InChI is InChI=1S/C19H22N4O8S2/c1-13-4-6-16(10-18(13)22(24)25)32(28,29)20-8-9-21(15(3)12-20)33(30,31)17-7-5-14(2)19(11-17)23(26)27/h4-7,10-11,15H,8-9,12H2,1-3H3. The van der Waals surface area contributed by atoms with Gasteiger partial charge in [-0.25, -0.2) is 16.8 Å². The predicted octanol–water partition coefficient (Wildman–Crippen LogP) is 2.20. The van der Waals surface area contributed by atoms with Gasteiger partial charge in [-0.3, -0.25) is 20.2 Å². The summed E-state index contributed by atoms with van der Waals surface area (Å²) in [7, 11) is -8.23. The summed E-state index contributed by atoms with van der Waals surface area (Å²) in [6.45, 7) is 3.97. The van der Waals surface area contributed by atoms with E-state index in [0.717, 1.165) is 20.7 Å². The van der Waals surface area contributed by atoms with E-state index < -0.39 is 35.9 Å². The van der Waals surface area contributed by atoms with Crippen LogP contribution in [0.25, 0.3) is 0 Å². The van der Waals surface area contributed by atoms with Gasteiger partial charge >= 0.3 is 0 Å². The van der Waals surface area contributed by atoms with Crippen molar-refractivity contribution >= 4 is 31.4 Å². The SMILES string of the molecule is Cc1ccc(S(=O)(=O)N2CCN(S(=O)(=O)c3ccc(C)c([N+](=O)[O-])c3)C(C)C2)cc1[N+](=O)[O-]. The van der Waals surface area contributed by atoms with E-state index in [1.165, 1.54) is 45.0 Å². The molecule has 0 N–H and O–H groups in total. The Morgan fingerprint density at radius 1 is 0.818 bits per heavy atom. The van der Waals surface area contributed by atoms with Gasteiger partial charge < -0.3 is 0 Å². The van der Waals surface area contributed by atoms with E-state index in [1.807, 2.05) is 0 Å². The molecule has 0 aliphatic carbocycles. The van der Waals surface area contributed by atoms with E-state index in [4.69, 9.17) is 0 Å². The Kier molecular flexibility index (Phi) is 6.57. The van der Waals surface area contributed by atoms with Gasteiger partial charge in [0.2, 0.25) is 20.0 Å². The molecule has 0 saturated carbocycles. The van der Waals surface area contributed by atoms with Crippen LogP contribution in [-0.2, 0) is 20.0 Å². The van der Waals surface area contributed by atoms with Crippen LogP contribution in [0.2, 0.25) is 0 Å². The average molecular weight is 499 g/mol. The van der Waals surface area contributed by atoms with Gasteiger partial charge in [0, 0.05) is 48.9 Å². The molecular weight excluding hydrogens is 476 g/mol. The number of piperazine rings is 1. The second kappa shape index (κ2) is 8.78. The van der Waals surface area contributed by atoms with Crippen LogP contribution < -0.4 is 0 Å². The highest BCUT2D eigenvalue weighted by Gasteiger charge is 2.39. The first kappa shape index (κ1) is 24.7. The highest BCUT2D eigenvalue weighted by molar-refractivity contribution is 7.89. The normalized spacial score (nSPS) is 18.2. The summed E-state index contributed by atoms with van der Waals surface area (Å²) in [5, 5.41) is 22.4. The first-order chi connectivity index (χ1) is 15.3. The van der Waals surface area contributed by atoms with Crippen molar-refractivity contribution < 1.29 is 26.7 Å². The van der Waals surface area contributed by atoms with E-state index in [-0.39, 0.29) is 40.8 Å². The third-order valence-corrected chi connectivity index (χ3v) is 9.40. The van der Waals surface area contributed by atoms with E-state index in [0.29, 0.717) is 11.1 Å². The first-order valence-electron chi connectivity index (χ1n) is 9.79. The van der Waals surface area contributed by atoms with E-state index >= 15 is 0 Å². The molecule has 178 valence electrons. The van der Waals surface area contributed by atoms with Crippen LogP contribution in [0.5, 0.6) is 0 Å². The van der Waals surface area contributed by atoms with Gasteiger partial charge in [-0.1, -0.05) is 12.1 Å². The van der Waals surface area contributed by atoms with Crippen molar-refractivity contribution in [1.82, 2.24) is 8.61 Å². The summed E-state index contributed by atoms with van der Waals surface area (Å²) >= 11 is 0. The summed E-state index contributed by atoms with van der Waals surface area (Å²) in [5.41, 5.74) is -0.0252. The van der Waals surface area contributed by atoms with Crippen molar-refractivity contribution in [3.8, 4) is 0 Å². The van der Waals surface area contributed by atoms with Crippen LogP contribution in [0.15, 0.2) is 46.2 Å². The monoisotopic (exact) mass is 498 g/mol. The zero-order valence-electron chi connectivity index (χ0n) is 18.0. The maximum Gasteiger partial charge on any atom is 0.273 e. The van der Waals surface area contributed by atoms with Gasteiger partial charge in [-0.2, -0.15) is 8.61 Å². The van der Waals surface area contributed by atoms with Crippen LogP contribution in [0.1, 0.15) is 18.1 Å². The van der Waals surface area contributed by atoms with Crippen molar-refractivity contribution in [2.24, 2.45) is 0 Å². The molecular formula is C19H22N4O8S2. The lowest BCUT2D eigenvalue weighted by Crippen LogP contribution is -2.55. The van der Waals surface area contributed by atoms with E-state index in [1.54, 1.807) is 0 Å². The second-order valence-corrected chi connectivity index (χ2v) is 11.6. The van der Waals surface area contributed by atoms with E-state index in [9.17, 15) is 37.1 Å². The summed E-state index contributed by atoms with van der Waals surface area (Å²) < 4.78 is 54.6. The lowest BCUT2D eigenvalue weighted by Gasteiger charge is -2.38. The Hall–Kier alpha value is -2.94. The zero-order chi connectivity index (χ0) is 24.7.